The highest BCUT2D eigenvalue weighted by atomic mass is 16.2. The molecule has 0 aliphatic carbocycles. The van der Waals surface area contributed by atoms with Crippen LogP contribution in [0.1, 0.15) is 34.5 Å². The highest BCUT2D eigenvalue weighted by Crippen LogP contribution is 2.15. The van der Waals surface area contributed by atoms with Gasteiger partial charge in [0.15, 0.2) is 5.69 Å². The molecule has 0 spiro atoms. The van der Waals surface area contributed by atoms with Gasteiger partial charge in [-0.25, -0.2) is 4.68 Å². The Hall–Kier alpha value is -2.99. The summed E-state index contributed by atoms with van der Waals surface area (Å²) in [5, 5.41) is 8.16. The van der Waals surface area contributed by atoms with Crippen molar-refractivity contribution in [3.8, 4) is 0 Å². The van der Waals surface area contributed by atoms with Crippen molar-refractivity contribution in [2.24, 2.45) is 7.05 Å². The van der Waals surface area contributed by atoms with Gasteiger partial charge in [0.2, 0.25) is 0 Å². The number of carbonyl (C=O) groups excluding carboxylic acids is 1. The number of aromatic nitrogens is 2. The van der Waals surface area contributed by atoms with Crippen molar-refractivity contribution in [1.82, 2.24) is 20.0 Å². The first-order chi connectivity index (χ1) is 13.6. The summed E-state index contributed by atoms with van der Waals surface area (Å²) in [7, 11) is 1.56. The first-order valence-electron chi connectivity index (χ1n) is 9.66. The van der Waals surface area contributed by atoms with Gasteiger partial charge < -0.3 is 5.32 Å². The van der Waals surface area contributed by atoms with E-state index < -0.39 is 0 Å². The van der Waals surface area contributed by atoms with Crippen molar-refractivity contribution in [2.75, 3.05) is 13.1 Å². The molecule has 6 heteroatoms. The molecule has 2 aromatic carbocycles. The molecule has 0 bridgehead atoms. The summed E-state index contributed by atoms with van der Waals surface area (Å²) in [6, 6.07) is 15.4. The number of aryl methyl sites for hydroxylation is 1. The lowest BCUT2D eigenvalue weighted by atomic mass is 10.1. The molecule has 0 radical (unpaired) electrons. The van der Waals surface area contributed by atoms with Crippen molar-refractivity contribution in [3.63, 3.8) is 0 Å². The van der Waals surface area contributed by atoms with Crippen molar-refractivity contribution in [3.05, 3.63) is 75.7 Å². The standard InChI is InChI=1S/C22H24N4O2/c1-25-22(28)19-7-3-2-6-18(19)20(24-25)21(27)23-14-16-8-10-17(11-9-16)15-26-12-4-5-13-26/h2-3,6-11H,4-5,12-15H2,1H3,(H,23,27). The molecule has 1 aliphatic rings. The fraction of sp³-hybridized carbons (Fsp3) is 0.318. The summed E-state index contributed by atoms with van der Waals surface area (Å²) < 4.78 is 1.21. The molecule has 1 aliphatic heterocycles. The molecule has 1 amide bonds. The fourth-order valence-corrected chi connectivity index (χ4v) is 3.69. The molecule has 1 fully saturated rings. The Morgan fingerprint density at radius 2 is 1.64 bits per heavy atom. The molecule has 0 atom stereocenters. The number of carbonyl (C=O) groups is 1. The van der Waals surface area contributed by atoms with E-state index in [4.69, 9.17) is 0 Å². The van der Waals surface area contributed by atoms with Gasteiger partial charge in [-0.1, -0.05) is 42.5 Å². The number of rotatable bonds is 5. The van der Waals surface area contributed by atoms with E-state index in [0.717, 1.165) is 12.1 Å². The van der Waals surface area contributed by atoms with E-state index in [1.807, 2.05) is 0 Å². The van der Waals surface area contributed by atoms with E-state index in [2.05, 4.69) is 39.6 Å². The first-order valence-corrected chi connectivity index (χ1v) is 9.66. The summed E-state index contributed by atoms with van der Waals surface area (Å²) in [5.41, 5.74) is 2.39. The zero-order valence-corrected chi connectivity index (χ0v) is 16.0. The van der Waals surface area contributed by atoms with Gasteiger partial charge in [-0.3, -0.25) is 14.5 Å². The highest BCUT2D eigenvalue weighted by molar-refractivity contribution is 6.04. The number of hydrogen-bond acceptors (Lipinski definition) is 4. The van der Waals surface area contributed by atoms with E-state index in [9.17, 15) is 9.59 Å². The quantitative estimate of drug-likeness (QED) is 0.743. The molecule has 6 nitrogen and oxygen atoms in total. The molecule has 0 saturated carbocycles. The summed E-state index contributed by atoms with van der Waals surface area (Å²) in [6.45, 7) is 3.76. The number of nitrogens with one attached hydrogen (secondary N) is 1. The largest absolute Gasteiger partial charge is 0.347 e. The Morgan fingerprint density at radius 1 is 1.00 bits per heavy atom. The summed E-state index contributed by atoms with van der Waals surface area (Å²) in [6.07, 6.45) is 2.58. The lowest BCUT2D eigenvalue weighted by molar-refractivity contribution is 0.0945. The lowest BCUT2D eigenvalue weighted by Gasteiger charge is -2.14. The second-order valence-electron chi connectivity index (χ2n) is 7.31. The van der Waals surface area contributed by atoms with Crippen molar-refractivity contribution in [2.45, 2.75) is 25.9 Å². The molecule has 1 N–H and O–H groups in total. The van der Waals surface area contributed by atoms with Crippen LogP contribution in [0.5, 0.6) is 0 Å². The molecule has 1 aromatic heterocycles. The predicted octanol–water partition coefficient (Wildman–Crippen LogP) is 2.46. The monoisotopic (exact) mass is 376 g/mol. The van der Waals surface area contributed by atoms with Gasteiger partial charge in [0, 0.05) is 25.5 Å². The van der Waals surface area contributed by atoms with E-state index >= 15 is 0 Å². The molecule has 28 heavy (non-hydrogen) atoms. The third-order valence-electron chi connectivity index (χ3n) is 5.25. The maximum absolute atomic E-state index is 12.7. The van der Waals surface area contributed by atoms with Crippen LogP contribution in [0.25, 0.3) is 10.8 Å². The van der Waals surface area contributed by atoms with Gasteiger partial charge >= 0.3 is 0 Å². The van der Waals surface area contributed by atoms with Crippen LogP contribution in [0.3, 0.4) is 0 Å². The Morgan fingerprint density at radius 3 is 2.36 bits per heavy atom. The number of likely N-dealkylation sites (tertiary alicyclic amines) is 1. The van der Waals surface area contributed by atoms with E-state index in [-0.39, 0.29) is 17.2 Å². The normalized spacial score (nSPS) is 14.5. The Balaban J connectivity index is 1.45. The van der Waals surface area contributed by atoms with Crippen molar-refractivity contribution >= 4 is 16.7 Å². The van der Waals surface area contributed by atoms with Crippen molar-refractivity contribution in [1.29, 1.82) is 0 Å². The van der Waals surface area contributed by atoms with Gasteiger partial charge in [0.1, 0.15) is 0 Å². The van der Waals surface area contributed by atoms with E-state index in [0.29, 0.717) is 17.3 Å². The Labute approximate surface area is 163 Å². The molecule has 0 unspecified atom stereocenters. The molecular formula is C22H24N4O2. The zero-order chi connectivity index (χ0) is 19.5. The molecular weight excluding hydrogens is 352 g/mol. The Bertz CT molecular complexity index is 1050. The minimum Gasteiger partial charge on any atom is -0.347 e. The maximum Gasteiger partial charge on any atom is 0.274 e. The minimum absolute atomic E-state index is 0.208. The molecule has 3 aromatic rings. The van der Waals surface area contributed by atoms with Gasteiger partial charge in [-0.2, -0.15) is 5.10 Å². The average molecular weight is 376 g/mol. The smallest absolute Gasteiger partial charge is 0.274 e. The fourth-order valence-electron chi connectivity index (χ4n) is 3.69. The van der Waals surface area contributed by atoms with Crippen molar-refractivity contribution < 1.29 is 4.79 Å². The van der Waals surface area contributed by atoms with E-state index in [1.54, 1.807) is 31.3 Å². The first kappa shape index (κ1) is 18.4. The third-order valence-corrected chi connectivity index (χ3v) is 5.25. The van der Waals surface area contributed by atoms with Gasteiger partial charge in [0.25, 0.3) is 11.5 Å². The maximum atomic E-state index is 12.7. The zero-order valence-electron chi connectivity index (χ0n) is 16.0. The van der Waals surface area contributed by atoms with Crippen LogP contribution in [-0.4, -0.2) is 33.7 Å². The molecule has 1 saturated heterocycles. The molecule has 4 rings (SSSR count). The lowest BCUT2D eigenvalue weighted by Crippen LogP contribution is -2.29. The highest BCUT2D eigenvalue weighted by Gasteiger charge is 2.15. The minimum atomic E-state index is -0.284. The van der Waals surface area contributed by atoms with E-state index in [1.165, 1.54) is 36.2 Å². The molecule has 144 valence electrons. The molecule has 2 heterocycles. The SMILES string of the molecule is Cn1nc(C(=O)NCc2ccc(CN3CCCC3)cc2)c2ccccc2c1=O. The Kier molecular flexibility index (Phi) is 5.21. The van der Waals surface area contributed by atoms with Crippen LogP contribution in [0.2, 0.25) is 0 Å². The number of nitrogens with zero attached hydrogens (tertiary/aromatic N) is 3. The number of benzene rings is 2. The predicted molar refractivity (Wildman–Crippen MR) is 109 cm³/mol. The second kappa shape index (κ2) is 7.94. The summed E-state index contributed by atoms with van der Waals surface area (Å²) in [4.78, 5) is 27.4. The topological polar surface area (TPSA) is 67.2 Å². The van der Waals surface area contributed by atoms with Crippen LogP contribution < -0.4 is 10.9 Å². The van der Waals surface area contributed by atoms with Crippen LogP contribution in [0, 0.1) is 0 Å². The van der Waals surface area contributed by atoms with Gasteiger partial charge in [-0.15, -0.1) is 0 Å². The van der Waals surface area contributed by atoms with Gasteiger partial charge in [0.05, 0.1) is 5.39 Å². The second-order valence-corrected chi connectivity index (χ2v) is 7.31. The van der Waals surface area contributed by atoms with Crippen LogP contribution in [-0.2, 0) is 20.1 Å². The summed E-state index contributed by atoms with van der Waals surface area (Å²) >= 11 is 0. The van der Waals surface area contributed by atoms with Crippen LogP contribution in [0.15, 0.2) is 53.3 Å². The van der Waals surface area contributed by atoms with Gasteiger partial charge in [-0.05, 0) is 43.1 Å². The number of amides is 1. The third kappa shape index (κ3) is 3.82. The van der Waals surface area contributed by atoms with Crippen LogP contribution in [0.4, 0.5) is 0 Å². The van der Waals surface area contributed by atoms with Crippen LogP contribution >= 0.6 is 0 Å². The summed E-state index contributed by atoms with van der Waals surface area (Å²) in [5.74, 6) is -0.284. The number of fused-ring (bicyclic) bond motifs is 1. The average Bonchev–Trinajstić information content (AvgIpc) is 3.23. The number of hydrogen-bond donors (Lipinski definition) is 1.